The number of hydrogen-bond donors (Lipinski definition) is 0. The molecule has 3 saturated heterocycles. The largest absolute Gasteiger partial charge is 0.353 e. The van der Waals surface area contributed by atoms with E-state index in [1.807, 2.05) is 15.9 Å². The van der Waals surface area contributed by atoms with Gasteiger partial charge in [-0.05, 0) is 41.7 Å². The molecule has 0 unspecified atom stereocenters. The van der Waals surface area contributed by atoms with Crippen LogP contribution in [0.1, 0.15) is 57.2 Å². The maximum absolute atomic E-state index is 14.4. The second-order valence-electron chi connectivity index (χ2n) is 12.9. The van der Waals surface area contributed by atoms with Gasteiger partial charge in [0.25, 0.3) is 0 Å². The number of carbonyl (C=O) groups is 2. The van der Waals surface area contributed by atoms with Gasteiger partial charge in [-0.1, -0.05) is 64.1 Å². The highest BCUT2D eigenvalue weighted by molar-refractivity contribution is 6.00. The average Bonchev–Trinajstić information content (AvgIpc) is 3.51. The van der Waals surface area contributed by atoms with Crippen molar-refractivity contribution in [3.8, 4) is 0 Å². The predicted molar refractivity (Wildman–Crippen MR) is 146 cm³/mol. The van der Waals surface area contributed by atoms with Gasteiger partial charge in [-0.25, -0.2) is 0 Å². The Labute approximate surface area is 219 Å². The fraction of sp³-hybridized carbons (Fsp3) is 0.484. The highest BCUT2D eigenvalue weighted by atomic mass is 16.2. The van der Waals surface area contributed by atoms with E-state index >= 15 is 0 Å². The summed E-state index contributed by atoms with van der Waals surface area (Å²) in [6.45, 7) is 12.9. The van der Waals surface area contributed by atoms with E-state index in [2.05, 4.69) is 101 Å². The summed E-state index contributed by atoms with van der Waals surface area (Å²) in [6, 6.07) is 14.2. The zero-order chi connectivity index (χ0) is 26.2. The fourth-order valence-electron chi connectivity index (χ4n) is 8.54. The van der Waals surface area contributed by atoms with Gasteiger partial charge in [0.2, 0.25) is 11.8 Å². The van der Waals surface area contributed by atoms with E-state index in [-0.39, 0.29) is 40.4 Å². The Balaban J connectivity index is 1.31. The summed E-state index contributed by atoms with van der Waals surface area (Å²) in [6.07, 6.45) is 2.99. The predicted octanol–water partition coefficient (Wildman–Crippen LogP) is 4.13. The van der Waals surface area contributed by atoms with Crippen LogP contribution in [0.25, 0.3) is 0 Å². The summed E-state index contributed by atoms with van der Waals surface area (Å²) in [5.74, 6) is 0.206. The number of rotatable bonds is 2. The van der Waals surface area contributed by atoms with Gasteiger partial charge in [-0.2, -0.15) is 0 Å². The highest BCUT2D eigenvalue weighted by Gasteiger charge is 2.69. The third-order valence-electron chi connectivity index (χ3n) is 10.5. The van der Waals surface area contributed by atoms with Crippen molar-refractivity contribution in [2.45, 2.75) is 81.2 Å². The third-order valence-corrected chi connectivity index (χ3v) is 10.5. The van der Waals surface area contributed by atoms with Crippen LogP contribution in [-0.4, -0.2) is 60.1 Å². The molecule has 6 atom stereocenters. The summed E-state index contributed by atoms with van der Waals surface area (Å²) in [4.78, 5) is 37.1. The van der Waals surface area contributed by atoms with Gasteiger partial charge in [-0.15, -0.1) is 6.58 Å². The molecule has 0 saturated carbocycles. The maximum atomic E-state index is 14.4. The van der Waals surface area contributed by atoms with E-state index < -0.39 is 12.1 Å². The Kier molecular flexibility index (Phi) is 4.19. The van der Waals surface area contributed by atoms with Crippen LogP contribution < -0.4 is 9.80 Å². The molecule has 0 aromatic heterocycles. The molecule has 2 aromatic carbocycles. The molecule has 2 aromatic rings. The van der Waals surface area contributed by atoms with Gasteiger partial charge in [-0.3, -0.25) is 9.59 Å². The Bertz CT molecular complexity index is 1400. The summed E-state index contributed by atoms with van der Waals surface area (Å²) < 4.78 is 0. The summed E-state index contributed by atoms with van der Waals surface area (Å²) in [7, 11) is 4.15. The van der Waals surface area contributed by atoms with E-state index in [1.165, 1.54) is 16.7 Å². The molecule has 0 aliphatic carbocycles. The highest BCUT2D eigenvalue weighted by Crippen LogP contribution is 2.59. The molecule has 5 aliphatic heterocycles. The Morgan fingerprint density at radius 3 is 1.92 bits per heavy atom. The number of likely N-dealkylation sites (N-methyl/N-ethyl adjacent to an activating group) is 2. The molecular weight excluding hydrogens is 460 g/mol. The zero-order valence-corrected chi connectivity index (χ0v) is 22.7. The average molecular weight is 497 g/mol. The van der Waals surface area contributed by atoms with Crippen molar-refractivity contribution >= 4 is 23.2 Å². The first kappa shape index (κ1) is 22.9. The Hall–Kier alpha value is -3.28. The van der Waals surface area contributed by atoms with Crippen LogP contribution in [0.5, 0.6) is 0 Å². The lowest BCUT2D eigenvalue weighted by Gasteiger charge is -2.46. The van der Waals surface area contributed by atoms with Gasteiger partial charge in [0.05, 0.1) is 0 Å². The van der Waals surface area contributed by atoms with Crippen LogP contribution in [0.3, 0.4) is 0 Å². The van der Waals surface area contributed by atoms with E-state index in [1.54, 1.807) is 0 Å². The third kappa shape index (κ3) is 2.47. The summed E-state index contributed by atoms with van der Waals surface area (Å²) in [5.41, 5.74) is 5.26. The van der Waals surface area contributed by atoms with Gasteiger partial charge in [0, 0.05) is 41.7 Å². The fourth-order valence-corrected chi connectivity index (χ4v) is 8.54. The second kappa shape index (κ2) is 6.77. The first-order valence-corrected chi connectivity index (χ1v) is 13.4. The molecule has 0 N–H and O–H groups in total. The molecule has 37 heavy (non-hydrogen) atoms. The van der Waals surface area contributed by atoms with Gasteiger partial charge in [0.15, 0.2) is 0 Å². The molecular formula is C31H36N4O2. The molecule has 7 rings (SSSR count). The van der Waals surface area contributed by atoms with Crippen molar-refractivity contribution in [3.05, 3.63) is 71.8 Å². The Morgan fingerprint density at radius 1 is 0.838 bits per heavy atom. The number of piperazine rings is 1. The van der Waals surface area contributed by atoms with Crippen LogP contribution in [0.2, 0.25) is 0 Å². The molecule has 3 fully saturated rings. The van der Waals surface area contributed by atoms with Crippen LogP contribution >= 0.6 is 0 Å². The summed E-state index contributed by atoms with van der Waals surface area (Å²) in [5, 5.41) is 0. The van der Waals surface area contributed by atoms with E-state index in [0.717, 1.165) is 11.4 Å². The van der Waals surface area contributed by atoms with Crippen molar-refractivity contribution in [1.82, 2.24) is 9.80 Å². The summed E-state index contributed by atoms with van der Waals surface area (Å²) >= 11 is 0. The molecule has 5 aliphatic rings. The van der Waals surface area contributed by atoms with Crippen molar-refractivity contribution in [1.29, 1.82) is 0 Å². The van der Waals surface area contributed by atoms with Crippen LogP contribution in [-0.2, 0) is 25.8 Å². The van der Waals surface area contributed by atoms with E-state index in [0.29, 0.717) is 12.8 Å². The maximum Gasteiger partial charge on any atom is 0.247 e. The van der Waals surface area contributed by atoms with Crippen LogP contribution in [0.4, 0.5) is 11.4 Å². The smallest absolute Gasteiger partial charge is 0.247 e. The zero-order valence-electron chi connectivity index (χ0n) is 22.7. The lowest BCUT2D eigenvalue weighted by Crippen LogP contribution is -2.67. The number of fused-ring (bicyclic) bond motifs is 10. The van der Waals surface area contributed by atoms with Gasteiger partial charge >= 0.3 is 0 Å². The van der Waals surface area contributed by atoms with Crippen molar-refractivity contribution < 1.29 is 9.59 Å². The molecule has 0 bridgehead atoms. The molecule has 0 radical (unpaired) electrons. The monoisotopic (exact) mass is 496 g/mol. The number of carbonyl (C=O) groups excluding carboxylic acids is 2. The van der Waals surface area contributed by atoms with E-state index in [9.17, 15) is 9.59 Å². The normalized spacial score (nSPS) is 35.3. The number of para-hydroxylation sites is 1. The van der Waals surface area contributed by atoms with Crippen molar-refractivity contribution in [2.24, 2.45) is 0 Å². The minimum absolute atomic E-state index is 0.103. The minimum atomic E-state index is -0.440. The first-order chi connectivity index (χ1) is 17.5. The molecule has 192 valence electrons. The first-order valence-electron chi connectivity index (χ1n) is 13.4. The molecule has 5 heterocycles. The standard InChI is InChI=1S/C31H36N4O2/c1-8-29(2,3)18-13-14-22-20(15-18)31(5)17-24-26(37)34-23(25(36)35(24)28(31)33(22)7)16-30(4)19-11-9-10-12-21(19)32(6)27(30)34/h8-15,23-24,27-28H,1,16-17H2,2-7H3/t23-,24+,27-,28+,30-,31+/m0/s1. The second-order valence-corrected chi connectivity index (χ2v) is 12.9. The van der Waals surface area contributed by atoms with E-state index in [4.69, 9.17) is 0 Å². The molecule has 0 spiro atoms. The van der Waals surface area contributed by atoms with Crippen LogP contribution in [0.15, 0.2) is 55.1 Å². The van der Waals surface area contributed by atoms with Crippen LogP contribution in [0, 0.1) is 0 Å². The molecule has 2 amide bonds. The lowest BCUT2D eigenvalue weighted by atomic mass is 9.76. The number of anilines is 2. The van der Waals surface area contributed by atoms with Crippen molar-refractivity contribution in [2.75, 3.05) is 23.9 Å². The Morgan fingerprint density at radius 2 is 1.35 bits per heavy atom. The van der Waals surface area contributed by atoms with Gasteiger partial charge in [0.1, 0.15) is 24.4 Å². The quantitative estimate of drug-likeness (QED) is 0.587. The number of allylic oxidation sites excluding steroid dienone is 1. The lowest BCUT2D eigenvalue weighted by molar-refractivity contribution is -0.160. The van der Waals surface area contributed by atoms with Crippen molar-refractivity contribution in [3.63, 3.8) is 0 Å². The SMILES string of the molecule is C=CC(C)(C)c1ccc2c(c1)[C@@]1(C)C[C@@H]3C(=O)N4[C@@H](C[C@@]5(C)c6ccccc6N(C)[C@@H]45)C(=O)N3[C@H]1N2C. The number of nitrogens with zero attached hydrogens (tertiary/aromatic N) is 4. The van der Waals surface area contributed by atoms with Gasteiger partial charge < -0.3 is 19.6 Å². The topological polar surface area (TPSA) is 47.1 Å². The molecule has 6 heteroatoms. The molecule has 6 nitrogen and oxygen atoms in total. The number of amides is 2. The minimum Gasteiger partial charge on any atom is -0.353 e. The number of hydrogen-bond acceptors (Lipinski definition) is 4. The number of benzene rings is 2.